The molecule has 0 aromatic carbocycles. The summed E-state index contributed by atoms with van der Waals surface area (Å²) in [6.45, 7) is 3.96. The highest BCUT2D eigenvalue weighted by Crippen LogP contribution is 2.21. The topological polar surface area (TPSA) is 58.4 Å². The van der Waals surface area contributed by atoms with Crippen LogP contribution in [0.25, 0.3) is 0 Å². The van der Waals surface area contributed by atoms with E-state index in [0.717, 1.165) is 32.0 Å². The molecule has 18 heavy (non-hydrogen) atoms. The summed E-state index contributed by atoms with van der Waals surface area (Å²) in [6, 6.07) is 0.613. The first-order valence-corrected chi connectivity index (χ1v) is 7.38. The third-order valence-electron chi connectivity index (χ3n) is 4.03. The van der Waals surface area contributed by atoms with Gasteiger partial charge in [-0.3, -0.25) is 4.79 Å². The minimum absolute atomic E-state index is 0.162. The summed E-state index contributed by atoms with van der Waals surface area (Å²) >= 11 is 0. The van der Waals surface area contributed by atoms with E-state index in [1.165, 1.54) is 32.1 Å². The molecule has 0 spiro atoms. The molecule has 0 aromatic rings. The van der Waals surface area contributed by atoms with Crippen LogP contribution in [-0.4, -0.2) is 43.0 Å². The molecule has 1 rings (SSSR count). The Bertz CT molecular complexity index is 239. The minimum Gasteiger partial charge on any atom is -0.368 e. The largest absolute Gasteiger partial charge is 0.368 e. The summed E-state index contributed by atoms with van der Waals surface area (Å²) in [5, 5.41) is 3.23. The molecule has 1 aliphatic carbocycles. The van der Waals surface area contributed by atoms with Crippen molar-refractivity contribution in [3.63, 3.8) is 0 Å². The average Bonchev–Trinajstić information content (AvgIpc) is 2.39. The van der Waals surface area contributed by atoms with Gasteiger partial charge in [-0.2, -0.15) is 0 Å². The van der Waals surface area contributed by atoms with Gasteiger partial charge in [-0.15, -0.1) is 0 Å². The molecule has 3 N–H and O–H groups in total. The lowest BCUT2D eigenvalue weighted by atomic mass is 9.94. The fourth-order valence-corrected chi connectivity index (χ4v) is 2.76. The van der Waals surface area contributed by atoms with Crippen LogP contribution >= 0.6 is 0 Å². The molecule has 106 valence electrons. The maximum Gasteiger partial charge on any atom is 0.234 e. The molecule has 4 nitrogen and oxygen atoms in total. The molecule has 1 aliphatic rings. The molecule has 1 unspecified atom stereocenters. The van der Waals surface area contributed by atoms with Crippen molar-refractivity contribution in [1.29, 1.82) is 0 Å². The SMILES string of the molecule is CCC(NCCCN(C)C1CCCCC1)C(N)=O. The van der Waals surface area contributed by atoms with E-state index in [9.17, 15) is 4.79 Å². The van der Waals surface area contributed by atoms with Gasteiger partial charge in [-0.05, 0) is 45.8 Å². The Morgan fingerprint density at radius 3 is 2.61 bits per heavy atom. The second kappa shape index (κ2) is 8.48. The second-order valence-corrected chi connectivity index (χ2v) is 5.44. The fraction of sp³-hybridized carbons (Fsp3) is 0.929. The van der Waals surface area contributed by atoms with Gasteiger partial charge in [0.1, 0.15) is 0 Å². The summed E-state index contributed by atoms with van der Waals surface area (Å²) in [7, 11) is 2.22. The lowest BCUT2D eigenvalue weighted by Gasteiger charge is -2.31. The van der Waals surface area contributed by atoms with Gasteiger partial charge < -0.3 is 16.0 Å². The molecule has 0 bridgehead atoms. The Balaban J connectivity index is 2.11. The van der Waals surface area contributed by atoms with Gasteiger partial charge in [0, 0.05) is 6.04 Å². The highest BCUT2D eigenvalue weighted by atomic mass is 16.1. The zero-order valence-corrected chi connectivity index (χ0v) is 12.0. The van der Waals surface area contributed by atoms with Crippen molar-refractivity contribution < 1.29 is 4.79 Å². The number of rotatable bonds is 8. The number of amides is 1. The Morgan fingerprint density at radius 2 is 2.06 bits per heavy atom. The van der Waals surface area contributed by atoms with E-state index in [0.29, 0.717) is 0 Å². The minimum atomic E-state index is -0.238. The molecule has 1 amide bonds. The van der Waals surface area contributed by atoms with Crippen molar-refractivity contribution in [3.05, 3.63) is 0 Å². The number of carbonyl (C=O) groups is 1. The number of nitrogens with one attached hydrogen (secondary N) is 1. The standard InChI is InChI=1S/C14H29N3O/c1-3-13(14(15)18)16-10-7-11-17(2)12-8-5-4-6-9-12/h12-13,16H,3-11H2,1-2H3,(H2,15,18). The van der Waals surface area contributed by atoms with Gasteiger partial charge in [-0.25, -0.2) is 0 Å². The molecule has 0 radical (unpaired) electrons. The summed E-state index contributed by atoms with van der Waals surface area (Å²) in [5.74, 6) is -0.238. The predicted molar refractivity (Wildman–Crippen MR) is 75.4 cm³/mol. The number of hydrogen-bond donors (Lipinski definition) is 2. The summed E-state index contributed by atoms with van der Waals surface area (Å²) in [5.41, 5.74) is 5.29. The van der Waals surface area contributed by atoms with Crippen LogP contribution in [0, 0.1) is 0 Å². The molecule has 0 aliphatic heterocycles. The number of primary amides is 1. The van der Waals surface area contributed by atoms with Gasteiger partial charge in [-0.1, -0.05) is 26.2 Å². The normalized spacial score (nSPS) is 19.1. The van der Waals surface area contributed by atoms with E-state index in [1.54, 1.807) is 0 Å². The van der Waals surface area contributed by atoms with Crippen molar-refractivity contribution in [2.24, 2.45) is 5.73 Å². The fourth-order valence-electron chi connectivity index (χ4n) is 2.76. The van der Waals surface area contributed by atoms with Crippen LogP contribution in [0.3, 0.4) is 0 Å². The van der Waals surface area contributed by atoms with E-state index in [4.69, 9.17) is 5.73 Å². The lowest BCUT2D eigenvalue weighted by molar-refractivity contribution is -0.120. The molecule has 0 aromatic heterocycles. The lowest BCUT2D eigenvalue weighted by Crippen LogP contribution is -2.42. The Kier molecular flexibility index (Phi) is 7.28. The van der Waals surface area contributed by atoms with Gasteiger partial charge in [0.25, 0.3) is 0 Å². The van der Waals surface area contributed by atoms with Crippen molar-refractivity contribution in [1.82, 2.24) is 10.2 Å². The monoisotopic (exact) mass is 255 g/mol. The van der Waals surface area contributed by atoms with Gasteiger partial charge >= 0.3 is 0 Å². The van der Waals surface area contributed by atoms with Crippen LogP contribution in [-0.2, 0) is 4.79 Å². The van der Waals surface area contributed by atoms with E-state index in [1.807, 2.05) is 6.92 Å². The van der Waals surface area contributed by atoms with Crippen LogP contribution in [0.4, 0.5) is 0 Å². The van der Waals surface area contributed by atoms with Crippen molar-refractivity contribution in [2.45, 2.75) is 64.0 Å². The number of nitrogens with two attached hydrogens (primary N) is 1. The molecular formula is C14H29N3O. The third kappa shape index (κ3) is 5.36. The Morgan fingerprint density at radius 1 is 1.39 bits per heavy atom. The van der Waals surface area contributed by atoms with Crippen LogP contribution < -0.4 is 11.1 Å². The van der Waals surface area contributed by atoms with E-state index < -0.39 is 0 Å². The van der Waals surface area contributed by atoms with Crippen LogP contribution in [0.1, 0.15) is 51.9 Å². The highest BCUT2D eigenvalue weighted by molar-refractivity contribution is 5.79. The molecule has 4 heteroatoms. The number of hydrogen-bond acceptors (Lipinski definition) is 3. The molecule has 1 fully saturated rings. The van der Waals surface area contributed by atoms with Crippen LogP contribution in [0.5, 0.6) is 0 Å². The molecule has 1 saturated carbocycles. The quantitative estimate of drug-likeness (QED) is 0.646. The Labute approximate surface area is 111 Å². The summed E-state index contributed by atoms with van der Waals surface area (Å²) in [6.07, 6.45) is 8.72. The zero-order chi connectivity index (χ0) is 13.4. The van der Waals surface area contributed by atoms with E-state index in [-0.39, 0.29) is 11.9 Å². The molecule has 1 atom stereocenters. The average molecular weight is 255 g/mol. The molecule has 0 saturated heterocycles. The van der Waals surface area contributed by atoms with E-state index >= 15 is 0 Å². The van der Waals surface area contributed by atoms with Gasteiger partial charge in [0.2, 0.25) is 5.91 Å². The first-order chi connectivity index (χ1) is 8.65. The molecular weight excluding hydrogens is 226 g/mol. The third-order valence-corrected chi connectivity index (χ3v) is 4.03. The first kappa shape index (κ1) is 15.4. The van der Waals surface area contributed by atoms with Crippen molar-refractivity contribution >= 4 is 5.91 Å². The van der Waals surface area contributed by atoms with Crippen molar-refractivity contribution in [3.8, 4) is 0 Å². The zero-order valence-electron chi connectivity index (χ0n) is 12.0. The highest BCUT2D eigenvalue weighted by Gasteiger charge is 2.17. The molecule has 0 heterocycles. The van der Waals surface area contributed by atoms with Gasteiger partial charge in [0.15, 0.2) is 0 Å². The van der Waals surface area contributed by atoms with E-state index in [2.05, 4.69) is 17.3 Å². The predicted octanol–water partition coefficient (Wildman–Crippen LogP) is 1.49. The van der Waals surface area contributed by atoms with Crippen molar-refractivity contribution in [2.75, 3.05) is 20.1 Å². The summed E-state index contributed by atoms with van der Waals surface area (Å²) in [4.78, 5) is 13.5. The number of carbonyl (C=O) groups excluding carboxylic acids is 1. The number of nitrogens with zero attached hydrogens (tertiary/aromatic N) is 1. The Hall–Kier alpha value is -0.610. The van der Waals surface area contributed by atoms with Gasteiger partial charge in [0.05, 0.1) is 6.04 Å². The van der Waals surface area contributed by atoms with Crippen LogP contribution in [0.2, 0.25) is 0 Å². The van der Waals surface area contributed by atoms with Crippen LogP contribution in [0.15, 0.2) is 0 Å². The maximum atomic E-state index is 11.1. The smallest absolute Gasteiger partial charge is 0.234 e. The maximum absolute atomic E-state index is 11.1. The second-order valence-electron chi connectivity index (χ2n) is 5.44. The summed E-state index contributed by atoms with van der Waals surface area (Å²) < 4.78 is 0. The first-order valence-electron chi connectivity index (χ1n) is 7.38.